The van der Waals surface area contributed by atoms with Crippen molar-refractivity contribution in [2.75, 3.05) is 19.6 Å². The highest BCUT2D eigenvalue weighted by Crippen LogP contribution is 2.46. The van der Waals surface area contributed by atoms with Gasteiger partial charge in [-0.25, -0.2) is 0 Å². The molecule has 1 spiro atoms. The minimum atomic E-state index is -0.206. The Morgan fingerprint density at radius 3 is 2.78 bits per heavy atom. The average Bonchev–Trinajstić information content (AvgIpc) is 3.15. The molecule has 1 saturated carbocycles. The monoisotopic (exact) mass is 250 g/mol. The molecule has 6 heteroatoms. The quantitative estimate of drug-likeness (QED) is 0.332. The van der Waals surface area contributed by atoms with Crippen LogP contribution in [0.3, 0.4) is 0 Å². The lowest BCUT2D eigenvalue weighted by molar-refractivity contribution is -0.141. The zero-order valence-corrected chi connectivity index (χ0v) is 10.4. The molecule has 1 unspecified atom stereocenters. The molecule has 18 heavy (non-hydrogen) atoms. The molecule has 98 valence electrons. The van der Waals surface area contributed by atoms with E-state index < -0.39 is 0 Å². The number of hydrogen-bond acceptors (Lipinski definition) is 4. The zero-order valence-electron chi connectivity index (χ0n) is 10.4. The van der Waals surface area contributed by atoms with Crippen LogP contribution in [0, 0.1) is 5.41 Å². The van der Waals surface area contributed by atoms with Crippen LogP contribution >= 0.6 is 0 Å². The first-order valence-electron chi connectivity index (χ1n) is 6.68. The summed E-state index contributed by atoms with van der Waals surface area (Å²) in [5.41, 5.74) is 8.34. The first kappa shape index (κ1) is 11.8. The molecule has 6 nitrogen and oxygen atoms in total. The van der Waals surface area contributed by atoms with E-state index in [9.17, 15) is 4.79 Å². The molecule has 0 aromatic heterocycles. The maximum Gasteiger partial charge on any atom is 0.306 e. The van der Waals surface area contributed by atoms with Gasteiger partial charge in [0.15, 0.2) is 0 Å². The Hall–Kier alpha value is -1.26. The molecule has 3 fully saturated rings. The maximum atomic E-state index is 11.5. The summed E-state index contributed by atoms with van der Waals surface area (Å²) in [6, 6.07) is 0.788. The van der Waals surface area contributed by atoms with Crippen LogP contribution in [0.4, 0.5) is 0 Å². The first-order valence-corrected chi connectivity index (χ1v) is 6.68. The summed E-state index contributed by atoms with van der Waals surface area (Å²) >= 11 is 0. The van der Waals surface area contributed by atoms with Crippen molar-refractivity contribution in [2.24, 2.45) is 10.5 Å². The standard InChI is InChI=1S/C12H18N4O2/c13-15-14-8-10-12(7-11(17)18-10)3-5-16(6-4-12)9-1-2-9/h9-10H,1-8H2. The number of rotatable bonds is 3. The second-order valence-corrected chi connectivity index (χ2v) is 5.70. The van der Waals surface area contributed by atoms with E-state index in [1.165, 1.54) is 12.8 Å². The maximum absolute atomic E-state index is 11.5. The fraction of sp³-hybridized carbons (Fsp3) is 0.917. The molecule has 0 aromatic carbocycles. The number of likely N-dealkylation sites (tertiary alicyclic amines) is 1. The van der Waals surface area contributed by atoms with Gasteiger partial charge in [-0.1, -0.05) is 5.11 Å². The minimum absolute atomic E-state index is 0.0728. The van der Waals surface area contributed by atoms with Crippen LogP contribution in [-0.4, -0.2) is 42.6 Å². The Morgan fingerprint density at radius 2 is 2.17 bits per heavy atom. The van der Waals surface area contributed by atoms with Crippen LogP contribution in [0.25, 0.3) is 10.4 Å². The zero-order chi connectivity index (χ0) is 12.6. The third kappa shape index (κ3) is 2.06. The third-order valence-corrected chi connectivity index (χ3v) is 4.62. The molecule has 3 rings (SSSR count). The molecule has 0 aromatic rings. The van der Waals surface area contributed by atoms with Gasteiger partial charge < -0.3 is 9.64 Å². The van der Waals surface area contributed by atoms with Crippen LogP contribution in [-0.2, 0) is 9.53 Å². The Morgan fingerprint density at radius 1 is 1.44 bits per heavy atom. The Bertz CT molecular complexity index is 393. The predicted octanol–water partition coefficient (Wildman–Crippen LogP) is 1.86. The van der Waals surface area contributed by atoms with Crippen LogP contribution < -0.4 is 0 Å². The SMILES string of the molecule is [N-]=[N+]=NCC1OC(=O)CC12CCN(C1CC1)CC2. The average molecular weight is 250 g/mol. The van der Waals surface area contributed by atoms with Gasteiger partial charge in [0, 0.05) is 16.4 Å². The highest BCUT2D eigenvalue weighted by Gasteiger charge is 2.50. The van der Waals surface area contributed by atoms with Gasteiger partial charge in [-0.2, -0.15) is 0 Å². The number of cyclic esters (lactones) is 1. The van der Waals surface area contributed by atoms with Gasteiger partial charge >= 0.3 is 5.97 Å². The summed E-state index contributed by atoms with van der Waals surface area (Å²) in [4.78, 5) is 16.9. The Balaban J connectivity index is 1.68. The largest absolute Gasteiger partial charge is 0.462 e. The molecule has 3 aliphatic rings. The van der Waals surface area contributed by atoms with Crippen molar-refractivity contribution >= 4 is 5.97 Å². The van der Waals surface area contributed by atoms with E-state index in [1.54, 1.807) is 0 Å². The highest BCUT2D eigenvalue weighted by molar-refractivity contribution is 5.73. The van der Waals surface area contributed by atoms with Gasteiger partial charge in [0.1, 0.15) is 6.10 Å². The normalized spacial score (nSPS) is 31.1. The molecule has 0 radical (unpaired) electrons. The number of nitrogens with zero attached hydrogens (tertiary/aromatic N) is 4. The fourth-order valence-corrected chi connectivity index (χ4v) is 3.34. The van der Waals surface area contributed by atoms with Crippen molar-refractivity contribution in [1.29, 1.82) is 0 Å². The first-order chi connectivity index (χ1) is 8.73. The van der Waals surface area contributed by atoms with E-state index in [1.807, 2.05) is 0 Å². The number of ether oxygens (including phenoxy) is 1. The van der Waals surface area contributed by atoms with Crippen LogP contribution in [0.5, 0.6) is 0 Å². The van der Waals surface area contributed by atoms with Gasteiger partial charge in [0.2, 0.25) is 0 Å². The summed E-state index contributed by atoms with van der Waals surface area (Å²) in [5, 5.41) is 3.59. The van der Waals surface area contributed by atoms with E-state index in [0.717, 1.165) is 32.0 Å². The molecule has 0 amide bonds. The molecule has 1 atom stereocenters. The highest BCUT2D eigenvalue weighted by atomic mass is 16.6. The van der Waals surface area contributed by atoms with Crippen LogP contribution in [0.1, 0.15) is 32.1 Å². The van der Waals surface area contributed by atoms with E-state index in [-0.39, 0.29) is 24.0 Å². The molecule has 2 saturated heterocycles. The summed E-state index contributed by atoms with van der Waals surface area (Å²) in [6.45, 7) is 2.38. The third-order valence-electron chi connectivity index (χ3n) is 4.62. The second-order valence-electron chi connectivity index (χ2n) is 5.70. The smallest absolute Gasteiger partial charge is 0.306 e. The lowest BCUT2D eigenvalue weighted by atomic mass is 9.73. The van der Waals surface area contributed by atoms with Crippen molar-refractivity contribution < 1.29 is 9.53 Å². The summed E-state index contributed by atoms with van der Waals surface area (Å²) < 4.78 is 5.35. The Labute approximate surface area is 106 Å². The van der Waals surface area contributed by atoms with Crippen LogP contribution in [0.2, 0.25) is 0 Å². The summed E-state index contributed by atoms with van der Waals surface area (Å²) in [7, 11) is 0. The van der Waals surface area contributed by atoms with Crippen molar-refractivity contribution in [2.45, 2.75) is 44.2 Å². The number of piperidine rings is 1. The van der Waals surface area contributed by atoms with Gasteiger partial charge in [-0.3, -0.25) is 4.79 Å². The molecule has 2 heterocycles. The fourth-order valence-electron chi connectivity index (χ4n) is 3.34. The number of azide groups is 1. The number of carbonyl (C=O) groups is 1. The van der Waals surface area contributed by atoms with E-state index in [2.05, 4.69) is 14.9 Å². The molecular weight excluding hydrogens is 232 g/mol. The molecule has 1 aliphatic carbocycles. The van der Waals surface area contributed by atoms with Gasteiger partial charge in [-0.15, -0.1) is 0 Å². The number of hydrogen-bond donors (Lipinski definition) is 0. The molecule has 0 N–H and O–H groups in total. The number of carbonyl (C=O) groups excluding carboxylic acids is 1. The van der Waals surface area contributed by atoms with Crippen molar-refractivity contribution in [3.05, 3.63) is 10.4 Å². The van der Waals surface area contributed by atoms with Gasteiger partial charge in [0.25, 0.3) is 0 Å². The van der Waals surface area contributed by atoms with Crippen molar-refractivity contribution in [3.8, 4) is 0 Å². The lowest BCUT2D eigenvalue weighted by Gasteiger charge is -2.40. The predicted molar refractivity (Wildman–Crippen MR) is 64.8 cm³/mol. The van der Waals surface area contributed by atoms with E-state index in [4.69, 9.17) is 10.3 Å². The molecule has 0 bridgehead atoms. The second kappa shape index (κ2) is 4.44. The van der Waals surface area contributed by atoms with Gasteiger partial charge in [0.05, 0.1) is 13.0 Å². The summed E-state index contributed by atoms with van der Waals surface area (Å²) in [6.07, 6.45) is 4.91. The van der Waals surface area contributed by atoms with E-state index >= 15 is 0 Å². The molecular formula is C12H18N4O2. The summed E-state index contributed by atoms with van der Waals surface area (Å²) in [5.74, 6) is -0.131. The Kier molecular flexibility index (Phi) is 2.92. The minimum Gasteiger partial charge on any atom is -0.462 e. The molecule has 2 aliphatic heterocycles. The number of esters is 1. The van der Waals surface area contributed by atoms with Crippen molar-refractivity contribution in [1.82, 2.24) is 4.90 Å². The van der Waals surface area contributed by atoms with E-state index in [0.29, 0.717) is 6.42 Å². The lowest BCUT2D eigenvalue weighted by Crippen LogP contribution is -2.45. The van der Waals surface area contributed by atoms with Crippen LogP contribution in [0.15, 0.2) is 5.11 Å². The topological polar surface area (TPSA) is 78.3 Å². The van der Waals surface area contributed by atoms with Crippen molar-refractivity contribution in [3.63, 3.8) is 0 Å². The van der Waals surface area contributed by atoms with Gasteiger partial charge in [-0.05, 0) is 44.3 Å².